The van der Waals surface area contributed by atoms with Gasteiger partial charge in [-0.3, -0.25) is 9.59 Å². The van der Waals surface area contributed by atoms with Crippen LogP contribution in [0.3, 0.4) is 0 Å². The van der Waals surface area contributed by atoms with E-state index in [1.165, 1.54) is 6.92 Å². The fourth-order valence-electron chi connectivity index (χ4n) is 1.30. The highest BCUT2D eigenvalue weighted by Crippen LogP contribution is 1.96. The van der Waals surface area contributed by atoms with Gasteiger partial charge >= 0.3 is 0 Å². The van der Waals surface area contributed by atoms with Crippen LogP contribution in [0.2, 0.25) is 0 Å². The quantitative estimate of drug-likeness (QED) is 0.509. The molecule has 0 aromatic heterocycles. The summed E-state index contributed by atoms with van der Waals surface area (Å²) in [5.41, 5.74) is 0. The molecule has 0 bridgehead atoms. The van der Waals surface area contributed by atoms with Crippen molar-refractivity contribution in [2.45, 2.75) is 25.9 Å². The molecule has 8 nitrogen and oxygen atoms in total. The molecule has 0 aromatic rings. The molecule has 0 aliphatic carbocycles. The van der Waals surface area contributed by atoms with Crippen molar-refractivity contribution >= 4 is 31.5 Å². The molecule has 0 fully saturated rings. The predicted octanol–water partition coefficient (Wildman–Crippen LogP) is -0.538. The van der Waals surface area contributed by atoms with Crippen molar-refractivity contribution in [1.29, 1.82) is 0 Å². The lowest BCUT2D eigenvalue weighted by Crippen LogP contribution is -2.46. The summed E-state index contributed by atoms with van der Waals surface area (Å²) in [5, 5.41) is 6.30. The molecule has 0 rings (SSSR count). The van der Waals surface area contributed by atoms with Crippen molar-refractivity contribution in [3.8, 4) is 0 Å². The number of rotatable bonds is 10. The van der Waals surface area contributed by atoms with Crippen molar-refractivity contribution in [3.05, 3.63) is 24.0 Å². The van der Waals surface area contributed by atoms with Gasteiger partial charge in [0, 0.05) is 23.7 Å². The summed E-state index contributed by atoms with van der Waals surface area (Å²) in [7, 11) is -6.92. The first-order valence-electron chi connectivity index (χ1n) is 6.30. The Morgan fingerprint density at radius 3 is 1.50 bits per heavy atom. The van der Waals surface area contributed by atoms with E-state index >= 15 is 0 Å². The number of nitrogens with one attached hydrogen (secondary N) is 2. The van der Waals surface area contributed by atoms with Gasteiger partial charge in [-0.15, -0.1) is 0 Å². The normalized spacial score (nSPS) is 11.7. The van der Waals surface area contributed by atoms with Gasteiger partial charge in [0.25, 0.3) is 0 Å². The van der Waals surface area contributed by atoms with Gasteiger partial charge in [-0.2, -0.15) is 0 Å². The van der Waals surface area contributed by atoms with Gasteiger partial charge in [-0.05, 0) is 6.92 Å². The van der Waals surface area contributed by atoms with Gasteiger partial charge in [0.05, 0.1) is 17.7 Å². The molecule has 2 N–H and O–H groups in total. The number of amides is 2. The van der Waals surface area contributed by atoms with Crippen molar-refractivity contribution in [2.75, 3.05) is 11.5 Å². The Morgan fingerprint density at radius 2 is 1.23 bits per heavy atom. The molecule has 0 unspecified atom stereocenters. The summed E-state index contributed by atoms with van der Waals surface area (Å²) in [6.07, 6.45) is -1.28. The summed E-state index contributed by atoms with van der Waals surface area (Å²) in [4.78, 5) is 23.0. The zero-order valence-corrected chi connectivity index (χ0v) is 13.9. The number of carbonyl (C=O) groups is 2. The van der Waals surface area contributed by atoms with Crippen LogP contribution in [0, 0.1) is 0 Å². The largest absolute Gasteiger partial charge is 0.336 e. The highest BCUT2D eigenvalue weighted by molar-refractivity contribution is 7.94. The van der Waals surface area contributed by atoms with E-state index in [4.69, 9.17) is 0 Å². The number of carbonyl (C=O) groups excluding carboxylic acids is 2. The summed E-state index contributed by atoms with van der Waals surface area (Å²) in [5.74, 6) is -1.87. The second-order valence-electron chi connectivity index (χ2n) is 4.42. The fourth-order valence-corrected chi connectivity index (χ4v) is 2.57. The van der Waals surface area contributed by atoms with Gasteiger partial charge in [0.1, 0.15) is 0 Å². The third-order valence-corrected chi connectivity index (χ3v) is 5.05. The Morgan fingerprint density at radius 1 is 0.909 bits per heavy atom. The molecular formula is C12H20N2O6S2. The topological polar surface area (TPSA) is 126 Å². The molecule has 2 amide bonds. The second-order valence-corrected chi connectivity index (χ2v) is 8.56. The minimum Gasteiger partial charge on any atom is -0.336 e. The zero-order valence-electron chi connectivity index (χ0n) is 12.2. The third kappa shape index (κ3) is 9.29. The number of hydrogen-bond acceptors (Lipinski definition) is 6. The van der Waals surface area contributed by atoms with Gasteiger partial charge in [0.2, 0.25) is 11.8 Å². The maximum absolute atomic E-state index is 11.5. The Bertz CT molecular complexity index is 581. The number of hydrogen-bond donors (Lipinski definition) is 2. The predicted molar refractivity (Wildman–Crippen MR) is 82.9 cm³/mol. The van der Waals surface area contributed by atoms with Crippen LogP contribution in [0.1, 0.15) is 19.8 Å². The van der Waals surface area contributed by atoms with E-state index in [9.17, 15) is 26.4 Å². The minimum atomic E-state index is -3.46. The van der Waals surface area contributed by atoms with Crippen molar-refractivity contribution < 1.29 is 26.4 Å². The molecule has 0 atom stereocenters. The Labute approximate surface area is 130 Å². The van der Waals surface area contributed by atoms with Crippen molar-refractivity contribution in [3.63, 3.8) is 0 Å². The summed E-state index contributed by atoms with van der Waals surface area (Å²) < 4.78 is 44.6. The Kier molecular flexibility index (Phi) is 8.02. The van der Waals surface area contributed by atoms with Crippen LogP contribution in [0.15, 0.2) is 24.0 Å². The van der Waals surface area contributed by atoms with Crippen LogP contribution >= 0.6 is 0 Å². The van der Waals surface area contributed by atoms with E-state index in [1.807, 2.05) is 0 Å². The smallest absolute Gasteiger partial charge is 0.222 e. The Balaban J connectivity index is 4.20. The highest BCUT2D eigenvalue weighted by atomic mass is 32.2. The van der Waals surface area contributed by atoms with Crippen molar-refractivity contribution in [2.24, 2.45) is 0 Å². The molecule has 10 heteroatoms. The third-order valence-electron chi connectivity index (χ3n) is 2.49. The molecule has 126 valence electrons. The van der Waals surface area contributed by atoms with Crippen LogP contribution in [0.25, 0.3) is 0 Å². The lowest BCUT2D eigenvalue weighted by Gasteiger charge is -2.15. The van der Waals surface area contributed by atoms with E-state index in [2.05, 4.69) is 23.8 Å². The molecule has 0 saturated carbocycles. The first kappa shape index (κ1) is 20.3. The first-order chi connectivity index (χ1) is 10.0. The van der Waals surface area contributed by atoms with Crippen LogP contribution < -0.4 is 10.6 Å². The van der Waals surface area contributed by atoms with Gasteiger partial charge < -0.3 is 10.6 Å². The lowest BCUT2D eigenvalue weighted by atomic mass is 10.4. The minimum absolute atomic E-state index is 0.264. The molecule has 0 heterocycles. The molecule has 0 aromatic carbocycles. The van der Waals surface area contributed by atoms with Gasteiger partial charge in [0.15, 0.2) is 19.7 Å². The summed E-state index contributed by atoms with van der Waals surface area (Å²) in [6, 6.07) is 0. The highest BCUT2D eigenvalue weighted by Gasteiger charge is 2.15. The Hall–Kier alpha value is -1.68. The van der Waals surface area contributed by atoms with Crippen molar-refractivity contribution in [1.82, 2.24) is 10.6 Å². The monoisotopic (exact) mass is 352 g/mol. The van der Waals surface area contributed by atoms with E-state index in [0.717, 1.165) is 10.8 Å². The second kappa shape index (κ2) is 8.69. The van der Waals surface area contributed by atoms with Crippen LogP contribution in [0.4, 0.5) is 0 Å². The van der Waals surface area contributed by atoms with Crippen LogP contribution in [0.5, 0.6) is 0 Å². The van der Waals surface area contributed by atoms with Gasteiger partial charge in [-0.25, -0.2) is 16.8 Å². The molecule has 0 aliphatic rings. The molecule has 0 spiro atoms. The molecular weight excluding hydrogens is 332 g/mol. The van der Waals surface area contributed by atoms with Crippen LogP contribution in [-0.4, -0.2) is 46.3 Å². The number of sulfone groups is 2. The molecule has 22 heavy (non-hydrogen) atoms. The fraction of sp³-hybridized carbons (Fsp3) is 0.500. The van der Waals surface area contributed by atoms with E-state index in [-0.39, 0.29) is 24.3 Å². The van der Waals surface area contributed by atoms with E-state index in [1.54, 1.807) is 0 Å². The summed E-state index contributed by atoms with van der Waals surface area (Å²) in [6.45, 7) is 7.72. The summed E-state index contributed by atoms with van der Waals surface area (Å²) >= 11 is 0. The van der Waals surface area contributed by atoms with E-state index < -0.39 is 37.7 Å². The van der Waals surface area contributed by atoms with E-state index in [0.29, 0.717) is 0 Å². The first-order valence-corrected chi connectivity index (χ1v) is 9.73. The van der Waals surface area contributed by atoms with Gasteiger partial charge in [-0.1, -0.05) is 13.2 Å². The standard InChI is InChI=1S/C12H20N2O6S2/c1-4-21(17,18)8-6-11(15)13-10(3)14-12(16)7-9-22(19,20)5-2/h4-5,10H,1-2,6-9H2,3H3,(H,13,15)(H,14,16). The molecule has 0 saturated heterocycles. The maximum Gasteiger partial charge on any atom is 0.222 e. The van der Waals surface area contributed by atoms with Crippen LogP contribution in [-0.2, 0) is 29.3 Å². The maximum atomic E-state index is 11.5. The average Bonchev–Trinajstić information content (AvgIpc) is 2.43. The zero-order chi connectivity index (χ0) is 17.4. The molecule has 0 aliphatic heterocycles. The lowest BCUT2D eigenvalue weighted by molar-refractivity contribution is -0.123. The average molecular weight is 352 g/mol. The molecule has 0 radical (unpaired) electrons. The SMILES string of the molecule is C=CS(=O)(=O)CCC(=O)NC(C)NC(=O)CCS(=O)(=O)C=C.